The summed E-state index contributed by atoms with van der Waals surface area (Å²) in [7, 11) is 0. The molecule has 5 nitrogen and oxygen atoms in total. The smallest absolute Gasteiger partial charge is 0.247 e. The number of nitrogens with zero attached hydrogens (tertiary/aromatic N) is 1. The third-order valence-electron chi connectivity index (χ3n) is 5.19. The molecule has 0 unspecified atom stereocenters. The monoisotopic (exact) mass is 392 g/mol. The molecule has 2 aromatic carbocycles. The molecule has 1 saturated heterocycles. The number of aryl methyl sites for hydroxylation is 1. The molecule has 0 aliphatic carbocycles. The minimum absolute atomic E-state index is 0.00873. The fourth-order valence-corrected chi connectivity index (χ4v) is 3.35. The van der Waals surface area contributed by atoms with Crippen LogP contribution in [0.3, 0.4) is 0 Å². The van der Waals surface area contributed by atoms with Gasteiger partial charge in [0, 0.05) is 24.9 Å². The van der Waals surface area contributed by atoms with Gasteiger partial charge >= 0.3 is 0 Å². The van der Waals surface area contributed by atoms with E-state index in [1.54, 1.807) is 11.0 Å². The molecule has 0 spiro atoms. The standard InChI is InChI=1S/C24H28N2O3/c1-18-8-6-12-22(19(18)2)25-23(27)17-26(16-21-11-7-15-29-21)24(28)14-13-20-9-4-3-5-10-20/h3-6,8-10,12-14,21H,7,11,15-17H2,1-2H3,(H,25,27)/b14-13+/t21-/m1/s1. The molecule has 5 heteroatoms. The van der Waals surface area contributed by atoms with Crippen LogP contribution in [0.5, 0.6) is 0 Å². The maximum atomic E-state index is 12.8. The van der Waals surface area contributed by atoms with Crippen molar-refractivity contribution in [3.63, 3.8) is 0 Å². The average molecular weight is 392 g/mol. The van der Waals surface area contributed by atoms with Crippen molar-refractivity contribution in [1.82, 2.24) is 4.90 Å². The summed E-state index contributed by atoms with van der Waals surface area (Å²) in [6.45, 7) is 5.10. The zero-order chi connectivity index (χ0) is 20.6. The Labute approximate surface area is 172 Å². The van der Waals surface area contributed by atoms with E-state index in [-0.39, 0.29) is 24.5 Å². The second-order valence-electron chi connectivity index (χ2n) is 7.39. The van der Waals surface area contributed by atoms with Crippen molar-refractivity contribution in [1.29, 1.82) is 0 Å². The Kier molecular flexibility index (Phi) is 7.19. The molecule has 0 bridgehead atoms. The highest BCUT2D eigenvalue weighted by molar-refractivity contribution is 5.98. The SMILES string of the molecule is Cc1cccc(NC(=O)CN(C[C@H]2CCCO2)C(=O)/C=C/c2ccccc2)c1C. The Morgan fingerprint density at radius 1 is 1.14 bits per heavy atom. The van der Waals surface area contributed by atoms with Crippen LogP contribution in [0.25, 0.3) is 6.08 Å². The molecule has 1 aliphatic heterocycles. The lowest BCUT2D eigenvalue weighted by Crippen LogP contribution is -2.41. The minimum atomic E-state index is -0.210. The van der Waals surface area contributed by atoms with Crippen molar-refractivity contribution in [3.8, 4) is 0 Å². The van der Waals surface area contributed by atoms with Gasteiger partial charge in [0.15, 0.2) is 0 Å². The summed E-state index contributed by atoms with van der Waals surface area (Å²) in [5.41, 5.74) is 3.86. The van der Waals surface area contributed by atoms with Crippen LogP contribution in [0.15, 0.2) is 54.6 Å². The Balaban J connectivity index is 1.68. The van der Waals surface area contributed by atoms with E-state index in [1.807, 2.05) is 62.4 Å². The van der Waals surface area contributed by atoms with Crippen molar-refractivity contribution in [2.75, 3.05) is 25.0 Å². The van der Waals surface area contributed by atoms with Gasteiger partial charge in [-0.25, -0.2) is 0 Å². The molecule has 1 atom stereocenters. The average Bonchev–Trinajstić information content (AvgIpc) is 3.23. The third-order valence-corrected chi connectivity index (χ3v) is 5.19. The molecule has 2 amide bonds. The largest absolute Gasteiger partial charge is 0.376 e. The highest BCUT2D eigenvalue weighted by atomic mass is 16.5. The predicted molar refractivity (Wildman–Crippen MR) is 116 cm³/mol. The summed E-state index contributed by atoms with van der Waals surface area (Å²) < 4.78 is 5.68. The van der Waals surface area contributed by atoms with E-state index in [0.717, 1.165) is 35.2 Å². The van der Waals surface area contributed by atoms with E-state index in [4.69, 9.17) is 4.74 Å². The van der Waals surface area contributed by atoms with Gasteiger partial charge in [-0.2, -0.15) is 0 Å². The first kappa shape index (κ1) is 20.8. The minimum Gasteiger partial charge on any atom is -0.376 e. The summed E-state index contributed by atoms with van der Waals surface area (Å²) in [4.78, 5) is 27.1. The molecule has 0 aromatic heterocycles. The van der Waals surface area contributed by atoms with Crippen molar-refractivity contribution >= 4 is 23.6 Å². The van der Waals surface area contributed by atoms with Gasteiger partial charge in [0.05, 0.1) is 6.10 Å². The summed E-state index contributed by atoms with van der Waals surface area (Å²) in [6.07, 6.45) is 5.17. The van der Waals surface area contributed by atoms with Gasteiger partial charge in [-0.15, -0.1) is 0 Å². The molecule has 0 radical (unpaired) electrons. The van der Waals surface area contributed by atoms with Gasteiger partial charge in [-0.1, -0.05) is 42.5 Å². The van der Waals surface area contributed by atoms with Crippen LogP contribution < -0.4 is 5.32 Å². The number of carbonyl (C=O) groups excluding carboxylic acids is 2. The number of hydrogen-bond donors (Lipinski definition) is 1. The van der Waals surface area contributed by atoms with Crippen LogP contribution in [0, 0.1) is 13.8 Å². The number of benzene rings is 2. The van der Waals surface area contributed by atoms with Gasteiger partial charge in [0.25, 0.3) is 0 Å². The van der Waals surface area contributed by atoms with Crippen molar-refractivity contribution in [3.05, 3.63) is 71.3 Å². The van der Waals surface area contributed by atoms with Crippen LogP contribution >= 0.6 is 0 Å². The highest BCUT2D eigenvalue weighted by Crippen LogP contribution is 2.18. The summed E-state index contributed by atoms with van der Waals surface area (Å²) in [5, 5.41) is 2.94. The molecule has 0 saturated carbocycles. The third kappa shape index (κ3) is 6.03. The van der Waals surface area contributed by atoms with E-state index >= 15 is 0 Å². The molecule has 1 N–H and O–H groups in total. The zero-order valence-electron chi connectivity index (χ0n) is 17.1. The quantitative estimate of drug-likeness (QED) is 0.726. The number of ether oxygens (including phenoxy) is 1. The maximum absolute atomic E-state index is 12.8. The van der Waals surface area contributed by atoms with Gasteiger partial charge < -0.3 is 15.0 Å². The van der Waals surface area contributed by atoms with Gasteiger partial charge in [0.2, 0.25) is 11.8 Å². The highest BCUT2D eigenvalue weighted by Gasteiger charge is 2.23. The van der Waals surface area contributed by atoms with Crippen LogP contribution in [-0.4, -0.2) is 42.5 Å². The number of rotatable bonds is 7. The van der Waals surface area contributed by atoms with Gasteiger partial charge in [-0.05, 0) is 55.5 Å². The topological polar surface area (TPSA) is 58.6 Å². The number of nitrogens with one attached hydrogen (secondary N) is 1. The molecule has 29 heavy (non-hydrogen) atoms. The second kappa shape index (κ2) is 10.0. The second-order valence-corrected chi connectivity index (χ2v) is 7.39. The first-order chi connectivity index (χ1) is 14.0. The lowest BCUT2D eigenvalue weighted by Gasteiger charge is -2.24. The van der Waals surface area contributed by atoms with Crippen molar-refractivity contribution in [2.45, 2.75) is 32.8 Å². The zero-order valence-corrected chi connectivity index (χ0v) is 17.1. The van der Waals surface area contributed by atoms with Gasteiger partial charge in [0.1, 0.15) is 6.54 Å². The van der Waals surface area contributed by atoms with E-state index in [9.17, 15) is 9.59 Å². The van der Waals surface area contributed by atoms with Crippen LogP contribution in [-0.2, 0) is 14.3 Å². The van der Waals surface area contributed by atoms with Crippen molar-refractivity contribution in [2.24, 2.45) is 0 Å². The van der Waals surface area contributed by atoms with E-state index in [2.05, 4.69) is 5.32 Å². The van der Waals surface area contributed by atoms with E-state index in [0.29, 0.717) is 13.2 Å². The molecule has 2 aromatic rings. The Morgan fingerprint density at radius 3 is 2.66 bits per heavy atom. The normalized spacial score (nSPS) is 16.1. The van der Waals surface area contributed by atoms with E-state index < -0.39 is 0 Å². The Morgan fingerprint density at radius 2 is 1.93 bits per heavy atom. The lowest BCUT2D eigenvalue weighted by molar-refractivity contribution is -0.131. The summed E-state index contributed by atoms with van der Waals surface area (Å²) in [6, 6.07) is 15.4. The molecular formula is C24H28N2O3. The Hall–Kier alpha value is -2.92. The summed E-state index contributed by atoms with van der Waals surface area (Å²) in [5.74, 6) is -0.404. The fraction of sp³-hybridized carbons (Fsp3) is 0.333. The number of carbonyl (C=O) groups is 2. The molecule has 152 valence electrons. The number of hydrogen-bond acceptors (Lipinski definition) is 3. The number of anilines is 1. The molecule has 1 heterocycles. The number of amides is 2. The van der Waals surface area contributed by atoms with Crippen LogP contribution in [0.1, 0.15) is 29.5 Å². The lowest BCUT2D eigenvalue weighted by atomic mass is 10.1. The molecule has 3 rings (SSSR count). The molecular weight excluding hydrogens is 364 g/mol. The maximum Gasteiger partial charge on any atom is 0.247 e. The molecule has 1 fully saturated rings. The predicted octanol–water partition coefficient (Wildman–Crippen LogP) is 3.96. The first-order valence-corrected chi connectivity index (χ1v) is 10.0. The van der Waals surface area contributed by atoms with Crippen LogP contribution in [0.2, 0.25) is 0 Å². The first-order valence-electron chi connectivity index (χ1n) is 10.0. The Bertz CT molecular complexity index is 871. The van der Waals surface area contributed by atoms with Gasteiger partial charge in [-0.3, -0.25) is 9.59 Å². The molecule has 1 aliphatic rings. The van der Waals surface area contributed by atoms with Crippen LogP contribution in [0.4, 0.5) is 5.69 Å². The summed E-state index contributed by atoms with van der Waals surface area (Å²) >= 11 is 0. The van der Waals surface area contributed by atoms with Crippen molar-refractivity contribution < 1.29 is 14.3 Å². The van der Waals surface area contributed by atoms with E-state index in [1.165, 1.54) is 6.08 Å². The fourth-order valence-electron chi connectivity index (χ4n) is 3.35.